The van der Waals surface area contributed by atoms with Crippen molar-refractivity contribution < 1.29 is 18.7 Å². The minimum atomic E-state index is -0.535. The van der Waals surface area contributed by atoms with Gasteiger partial charge in [0.2, 0.25) is 0 Å². The molecular weight excluding hydrogens is 487 g/mol. The van der Waals surface area contributed by atoms with Crippen molar-refractivity contribution in [2.24, 2.45) is 0 Å². The largest absolute Gasteiger partial charge is 0.457 e. The highest BCUT2D eigenvalue weighted by Gasteiger charge is 2.26. The van der Waals surface area contributed by atoms with Crippen molar-refractivity contribution in [3.8, 4) is 11.5 Å². The zero-order valence-electron chi connectivity index (χ0n) is 21.5. The molecule has 1 aliphatic heterocycles. The van der Waals surface area contributed by atoms with Gasteiger partial charge in [-0.1, -0.05) is 18.2 Å². The number of fused-ring (bicyclic) bond motifs is 1. The van der Waals surface area contributed by atoms with Gasteiger partial charge in [0.25, 0.3) is 0 Å². The third-order valence-electron chi connectivity index (χ3n) is 5.90. The lowest BCUT2D eigenvalue weighted by Crippen LogP contribution is -2.50. The maximum absolute atomic E-state index is 15.0. The van der Waals surface area contributed by atoms with E-state index in [4.69, 9.17) is 14.5 Å². The number of ether oxygens (including phenoxy) is 2. The second-order valence-electron chi connectivity index (χ2n) is 9.90. The summed E-state index contributed by atoms with van der Waals surface area (Å²) in [6.45, 7) is 7.81. The van der Waals surface area contributed by atoms with Crippen LogP contribution in [0.1, 0.15) is 20.8 Å². The molecule has 0 bridgehead atoms. The van der Waals surface area contributed by atoms with Gasteiger partial charge in [-0.25, -0.2) is 24.1 Å². The lowest BCUT2D eigenvalue weighted by atomic mass is 10.2. The van der Waals surface area contributed by atoms with Crippen LogP contribution in [0, 0.1) is 5.82 Å². The molecule has 9 nitrogen and oxygen atoms in total. The molecule has 2 aromatic carbocycles. The minimum Gasteiger partial charge on any atom is -0.457 e. The van der Waals surface area contributed by atoms with E-state index in [9.17, 15) is 9.18 Å². The molecule has 0 spiro atoms. The fraction of sp³-hybridized carbons (Fsp3) is 0.286. The van der Waals surface area contributed by atoms with Crippen molar-refractivity contribution in [2.75, 3.05) is 36.4 Å². The summed E-state index contributed by atoms with van der Waals surface area (Å²) in [7, 11) is 0. The van der Waals surface area contributed by atoms with Gasteiger partial charge in [-0.15, -0.1) is 0 Å². The van der Waals surface area contributed by atoms with Crippen LogP contribution in [0.3, 0.4) is 0 Å². The fourth-order valence-electron chi connectivity index (χ4n) is 4.05. The van der Waals surface area contributed by atoms with E-state index in [-0.39, 0.29) is 11.8 Å². The van der Waals surface area contributed by atoms with Crippen molar-refractivity contribution in [3.05, 3.63) is 72.8 Å². The maximum atomic E-state index is 15.0. The SMILES string of the molecule is CC(C)(C)OC(=O)N1CCN(c2ccc3ncnc(Nc4ccc(Oc5ccccc5)cc4F)c3n2)CC1. The first kappa shape index (κ1) is 25.2. The van der Waals surface area contributed by atoms with E-state index in [0.717, 1.165) is 5.82 Å². The van der Waals surface area contributed by atoms with Crippen molar-refractivity contribution in [1.29, 1.82) is 0 Å². The van der Waals surface area contributed by atoms with Crippen LogP contribution in [-0.4, -0.2) is 57.7 Å². The van der Waals surface area contributed by atoms with Gasteiger partial charge in [-0.05, 0) is 57.2 Å². The third kappa shape index (κ3) is 5.91. The Kier molecular flexibility index (Phi) is 6.95. The van der Waals surface area contributed by atoms with E-state index < -0.39 is 11.4 Å². The molecule has 4 aromatic rings. The lowest BCUT2D eigenvalue weighted by Gasteiger charge is -2.36. The molecule has 0 radical (unpaired) electrons. The van der Waals surface area contributed by atoms with E-state index >= 15 is 0 Å². The van der Waals surface area contributed by atoms with E-state index in [2.05, 4.69) is 20.2 Å². The summed E-state index contributed by atoms with van der Waals surface area (Å²) >= 11 is 0. The Balaban J connectivity index is 1.31. The predicted octanol–water partition coefficient (Wildman–Crippen LogP) is 5.76. The van der Waals surface area contributed by atoms with Gasteiger partial charge in [-0.3, -0.25) is 0 Å². The molecule has 1 fully saturated rings. The molecule has 196 valence electrons. The number of hydrogen-bond acceptors (Lipinski definition) is 8. The smallest absolute Gasteiger partial charge is 0.410 e. The van der Waals surface area contributed by atoms with Gasteiger partial charge < -0.3 is 24.6 Å². The predicted molar refractivity (Wildman–Crippen MR) is 144 cm³/mol. The van der Waals surface area contributed by atoms with Crippen LogP contribution in [0.15, 0.2) is 67.0 Å². The molecule has 5 rings (SSSR count). The number of aromatic nitrogens is 3. The second kappa shape index (κ2) is 10.5. The molecule has 1 amide bonds. The Morgan fingerprint density at radius 1 is 0.947 bits per heavy atom. The average Bonchev–Trinajstić information content (AvgIpc) is 2.90. The normalized spacial score (nSPS) is 13.9. The van der Waals surface area contributed by atoms with Gasteiger partial charge in [0.05, 0.1) is 11.2 Å². The third-order valence-corrected chi connectivity index (χ3v) is 5.90. The van der Waals surface area contributed by atoms with Crippen molar-refractivity contribution in [3.63, 3.8) is 0 Å². The number of nitrogens with zero attached hydrogens (tertiary/aromatic N) is 5. The highest BCUT2D eigenvalue weighted by atomic mass is 19.1. The molecular formula is C28H29FN6O3. The van der Waals surface area contributed by atoms with Crippen molar-refractivity contribution >= 4 is 34.4 Å². The molecule has 0 atom stereocenters. The van der Waals surface area contributed by atoms with Gasteiger partial charge in [0.1, 0.15) is 40.6 Å². The first-order valence-corrected chi connectivity index (χ1v) is 12.4. The first-order valence-electron chi connectivity index (χ1n) is 12.4. The van der Waals surface area contributed by atoms with Crippen LogP contribution in [0.4, 0.5) is 26.5 Å². The van der Waals surface area contributed by atoms with Gasteiger partial charge in [0, 0.05) is 32.2 Å². The van der Waals surface area contributed by atoms with Crippen LogP contribution in [0.5, 0.6) is 11.5 Å². The zero-order chi connectivity index (χ0) is 26.7. The maximum Gasteiger partial charge on any atom is 0.410 e. The number of pyridine rings is 1. The number of amides is 1. The summed E-state index contributed by atoms with van der Waals surface area (Å²) in [4.78, 5) is 29.6. The number of hydrogen-bond donors (Lipinski definition) is 1. The molecule has 1 saturated heterocycles. The fourth-order valence-corrected chi connectivity index (χ4v) is 4.05. The number of carbonyl (C=O) groups excluding carboxylic acids is 1. The van der Waals surface area contributed by atoms with E-state index in [1.54, 1.807) is 29.2 Å². The van der Waals surface area contributed by atoms with Crippen molar-refractivity contribution in [2.45, 2.75) is 26.4 Å². The van der Waals surface area contributed by atoms with Crippen LogP contribution in [-0.2, 0) is 4.74 Å². The van der Waals surface area contributed by atoms with Gasteiger partial charge >= 0.3 is 6.09 Å². The molecule has 1 N–H and O–H groups in total. The summed E-state index contributed by atoms with van der Waals surface area (Å²) in [5.41, 5.74) is 0.849. The van der Waals surface area contributed by atoms with Gasteiger partial charge in [0.15, 0.2) is 5.82 Å². The van der Waals surface area contributed by atoms with E-state index in [0.29, 0.717) is 54.5 Å². The Labute approximate surface area is 220 Å². The monoisotopic (exact) mass is 516 g/mol. The Hall–Kier alpha value is -4.47. The Bertz CT molecular complexity index is 1440. The number of nitrogens with one attached hydrogen (secondary N) is 1. The number of anilines is 3. The number of benzene rings is 2. The summed E-state index contributed by atoms with van der Waals surface area (Å²) in [5, 5.41) is 3.05. The molecule has 2 aromatic heterocycles. The Morgan fingerprint density at radius 2 is 1.71 bits per heavy atom. The summed E-state index contributed by atoms with van der Waals surface area (Å²) in [6.07, 6.45) is 1.10. The zero-order valence-corrected chi connectivity index (χ0v) is 21.5. The summed E-state index contributed by atoms with van der Waals surface area (Å²) in [5.74, 6) is 1.64. The standard InChI is InChI=1S/C28H29FN6O3/c1-28(2,3)38-27(36)35-15-13-34(14-16-35)24-12-11-23-25(33-24)26(31-18-30-23)32-22-10-9-20(17-21(22)29)37-19-7-5-4-6-8-19/h4-12,17-18H,13-16H2,1-3H3,(H,30,31,32). The summed E-state index contributed by atoms with van der Waals surface area (Å²) < 4.78 is 26.2. The molecule has 0 saturated carbocycles. The number of para-hydroxylation sites is 1. The molecule has 0 unspecified atom stereocenters. The molecule has 10 heteroatoms. The number of carbonyl (C=O) groups is 1. The van der Waals surface area contributed by atoms with Gasteiger partial charge in [-0.2, -0.15) is 0 Å². The van der Waals surface area contributed by atoms with E-state index in [1.165, 1.54) is 12.4 Å². The molecule has 3 heterocycles. The van der Waals surface area contributed by atoms with E-state index in [1.807, 2.05) is 51.1 Å². The highest BCUT2D eigenvalue weighted by Crippen LogP contribution is 2.29. The minimum absolute atomic E-state index is 0.239. The van der Waals surface area contributed by atoms with Crippen LogP contribution in [0.25, 0.3) is 11.0 Å². The Morgan fingerprint density at radius 3 is 2.42 bits per heavy atom. The quantitative estimate of drug-likeness (QED) is 0.358. The van der Waals surface area contributed by atoms with Crippen LogP contribution >= 0.6 is 0 Å². The highest BCUT2D eigenvalue weighted by molar-refractivity contribution is 5.88. The summed E-state index contributed by atoms with van der Waals surface area (Å²) in [6, 6.07) is 17.5. The molecule has 38 heavy (non-hydrogen) atoms. The molecule has 0 aliphatic carbocycles. The van der Waals surface area contributed by atoms with Crippen LogP contribution < -0.4 is 15.0 Å². The second-order valence-corrected chi connectivity index (χ2v) is 9.90. The van der Waals surface area contributed by atoms with Crippen LogP contribution in [0.2, 0.25) is 0 Å². The van der Waals surface area contributed by atoms with Crippen molar-refractivity contribution in [1.82, 2.24) is 19.9 Å². The number of piperazine rings is 1. The number of halogens is 1. The topological polar surface area (TPSA) is 92.7 Å². The first-order chi connectivity index (χ1) is 18.2. The average molecular weight is 517 g/mol. The number of rotatable bonds is 5. The lowest BCUT2D eigenvalue weighted by molar-refractivity contribution is 0.0240. The molecule has 1 aliphatic rings.